The first-order valence-corrected chi connectivity index (χ1v) is 4.93. The SMILES string of the molecule is CC(C)c1cn(-c2cccc(N)n2)cn1. The summed E-state index contributed by atoms with van der Waals surface area (Å²) in [7, 11) is 0. The van der Waals surface area contributed by atoms with Crippen LogP contribution in [0.3, 0.4) is 0 Å². The van der Waals surface area contributed by atoms with Crippen LogP contribution in [0, 0.1) is 0 Å². The fraction of sp³-hybridized carbons (Fsp3) is 0.273. The molecule has 0 spiro atoms. The fourth-order valence-corrected chi connectivity index (χ4v) is 1.34. The number of pyridine rings is 1. The summed E-state index contributed by atoms with van der Waals surface area (Å²) in [4.78, 5) is 8.52. The molecule has 2 heterocycles. The molecule has 78 valence electrons. The molecular weight excluding hydrogens is 188 g/mol. The van der Waals surface area contributed by atoms with Gasteiger partial charge in [0.15, 0.2) is 0 Å². The first-order valence-electron chi connectivity index (χ1n) is 4.93. The Morgan fingerprint density at radius 2 is 2.13 bits per heavy atom. The van der Waals surface area contributed by atoms with Gasteiger partial charge in [-0.2, -0.15) is 0 Å². The molecule has 0 radical (unpaired) electrons. The van der Waals surface area contributed by atoms with Crippen LogP contribution in [0.2, 0.25) is 0 Å². The van der Waals surface area contributed by atoms with E-state index in [4.69, 9.17) is 5.73 Å². The van der Waals surface area contributed by atoms with Gasteiger partial charge in [-0.1, -0.05) is 19.9 Å². The zero-order valence-electron chi connectivity index (χ0n) is 8.88. The van der Waals surface area contributed by atoms with E-state index in [9.17, 15) is 0 Å². The van der Waals surface area contributed by atoms with Crippen molar-refractivity contribution in [3.63, 3.8) is 0 Å². The first kappa shape index (κ1) is 9.71. The molecule has 0 aliphatic heterocycles. The van der Waals surface area contributed by atoms with Crippen LogP contribution in [0.15, 0.2) is 30.7 Å². The number of nitrogen functional groups attached to an aromatic ring is 1. The number of rotatable bonds is 2. The Kier molecular flexibility index (Phi) is 2.41. The van der Waals surface area contributed by atoms with Crippen LogP contribution in [0.25, 0.3) is 5.82 Å². The zero-order chi connectivity index (χ0) is 10.8. The van der Waals surface area contributed by atoms with E-state index in [0.29, 0.717) is 11.7 Å². The Morgan fingerprint density at radius 1 is 1.33 bits per heavy atom. The van der Waals surface area contributed by atoms with E-state index < -0.39 is 0 Å². The van der Waals surface area contributed by atoms with Gasteiger partial charge in [0, 0.05) is 6.20 Å². The molecular formula is C11H14N4. The van der Waals surface area contributed by atoms with Crippen molar-refractivity contribution < 1.29 is 0 Å². The summed E-state index contributed by atoms with van der Waals surface area (Å²) in [6, 6.07) is 5.55. The van der Waals surface area contributed by atoms with Crippen LogP contribution in [-0.4, -0.2) is 14.5 Å². The highest BCUT2D eigenvalue weighted by Gasteiger charge is 2.04. The highest BCUT2D eigenvalue weighted by atomic mass is 15.1. The number of hydrogen-bond acceptors (Lipinski definition) is 3. The van der Waals surface area contributed by atoms with E-state index in [1.54, 1.807) is 12.4 Å². The van der Waals surface area contributed by atoms with Gasteiger partial charge < -0.3 is 5.73 Å². The predicted molar refractivity (Wildman–Crippen MR) is 59.9 cm³/mol. The normalized spacial score (nSPS) is 10.9. The monoisotopic (exact) mass is 202 g/mol. The number of anilines is 1. The van der Waals surface area contributed by atoms with E-state index in [-0.39, 0.29) is 0 Å². The third-order valence-corrected chi connectivity index (χ3v) is 2.21. The molecule has 0 saturated heterocycles. The maximum absolute atomic E-state index is 5.62. The maximum atomic E-state index is 5.62. The maximum Gasteiger partial charge on any atom is 0.140 e. The number of aromatic nitrogens is 3. The molecule has 4 nitrogen and oxygen atoms in total. The molecule has 4 heteroatoms. The quantitative estimate of drug-likeness (QED) is 0.810. The highest BCUT2D eigenvalue weighted by Crippen LogP contribution is 2.13. The first-order chi connectivity index (χ1) is 7.16. The molecule has 2 aromatic heterocycles. The summed E-state index contributed by atoms with van der Waals surface area (Å²) >= 11 is 0. The smallest absolute Gasteiger partial charge is 0.140 e. The predicted octanol–water partition coefficient (Wildman–Crippen LogP) is 1.97. The largest absolute Gasteiger partial charge is 0.384 e. The van der Waals surface area contributed by atoms with Crippen molar-refractivity contribution in [2.24, 2.45) is 0 Å². The second-order valence-electron chi connectivity index (χ2n) is 3.78. The average molecular weight is 202 g/mol. The zero-order valence-corrected chi connectivity index (χ0v) is 8.88. The van der Waals surface area contributed by atoms with E-state index >= 15 is 0 Å². The summed E-state index contributed by atoms with van der Waals surface area (Å²) in [6.07, 6.45) is 3.74. The Balaban J connectivity index is 2.37. The minimum absolute atomic E-state index is 0.423. The van der Waals surface area contributed by atoms with Crippen molar-refractivity contribution >= 4 is 5.82 Å². The van der Waals surface area contributed by atoms with Crippen LogP contribution < -0.4 is 5.73 Å². The van der Waals surface area contributed by atoms with Crippen molar-refractivity contribution in [1.82, 2.24) is 14.5 Å². The Bertz CT molecular complexity index is 459. The highest BCUT2D eigenvalue weighted by molar-refractivity contribution is 5.35. The summed E-state index contributed by atoms with van der Waals surface area (Å²) in [5.74, 6) is 1.74. The lowest BCUT2D eigenvalue weighted by molar-refractivity contribution is 0.831. The van der Waals surface area contributed by atoms with Crippen molar-refractivity contribution in [3.05, 3.63) is 36.4 Å². The Hall–Kier alpha value is -1.84. The summed E-state index contributed by atoms with van der Waals surface area (Å²) in [5.41, 5.74) is 6.67. The minimum atomic E-state index is 0.423. The second kappa shape index (κ2) is 3.73. The second-order valence-corrected chi connectivity index (χ2v) is 3.78. The molecule has 15 heavy (non-hydrogen) atoms. The molecule has 0 aliphatic rings. The van der Waals surface area contributed by atoms with Crippen LogP contribution in [0.4, 0.5) is 5.82 Å². The lowest BCUT2D eigenvalue weighted by Crippen LogP contribution is -1.97. The molecule has 2 aromatic rings. The Labute approximate surface area is 88.8 Å². The van der Waals surface area contributed by atoms with Crippen molar-refractivity contribution in [3.8, 4) is 5.82 Å². The number of nitrogens with two attached hydrogens (primary N) is 1. The fourth-order valence-electron chi connectivity index (χ4n) is 1.34. The number of hydrogen-bond donors (Lipinski definition) is 1. The molecule has 0 bridgehead atoms. The van der Waals surface area contributed by atoms with E-state index in [1.807, 2.05) is 22.9 Å². The minimum Gasteiger partial charge on any atom is -0.384 e. The van der Waals surface area contributed by atoms with Crippen molar-refractivity contribution in [2.45, 2.75) is 19.8 Å². The molecule has 0 saturated carbocycles. The van der Waals surface area contributed by atoms with Gasteiger partial charge in [0.05, 0.1) is 5.69 Å². The molecule has 0 atom stereocenters. The third-order valence-electron chi connectivity index (χ3n) is 2.21. The van der Waals surface area contributed by atoms with E-state index in [0.717, 1.165) is 11.5 Å². The van der Waals surface area contributed by atoms with Crippen LogP contribution in [0.5, 0.6) is 0 Å². The lowest BCUT2D eigenvalue weighted by atomic mass is 10.2. The van der Waals surface area contributed by atoms with Gasteiger partial charge in [0.25, 0.3) is 0 Å². The Morgan fingerprint density at radius 3 is 2.73 bits per heavy atom. The number of nitrogens with zero attached hydrogens (tertiary/aromatic N) is 3. The summed E-state index contributed by atoms with van der Waals surface area (Å²) < 4.78 is 1.88. The van der Waals surface area contributed by atoms with E-state index in [2.05, 4.69) is 23.8 Å². The lowest BCUT2D eigenvalue weighted by Gasteiger charge is -2.01. The summed E-state index contributed by atoms with van der Waals surface area (Å²) in [5, 5.41) is 0. The third kappa shape index (κ3) is 1.98. The van der Waals surface area contributed by atoms with Crippen LogP contribution in [0.1, 0.15) is 25.5 Å². The van der Waals surface area contributed by atoms with Gasteiger partial charge >= 0.3 is 0 Å². The van der Waals surface area contributed by atoms with Gasteiger partial charge in [-0.05, 0) is 18.1 Å². The van der Waals surface area contributed by atoms with Crippen molar-refractivity contribution in [1.29, 1.82) is 0 Å². The standard InChI is InChI=1S/C11H14N4/c1-8(2)9-6-15(7-13-9)11-5-3-4-10(12)14-11/h3-8H,1-2H3,(H2,12,14). The van der Waals surface area contributed by atoms with Gasteiger partial charge in [0.1, 0.15) is 18.0 Å². The van der Waals surface area contributed by atoms with Crippen LogP contribution in [-0.2, 0) is 0 Å². The van der Waals surface area contributed by atoms with Gasteiger partial charge in [-0.25, -0.2) is 9.97 Å². The molecule has 0 aliphatic carbocycles. The van der Waals surface area contributed by atoms with Crippen LogP contribution >= 0.6 is 0 Å². The molecule has 0 unspecified atom stereocenters. The number of imidazole rings is 1. The summed E-state index contributed by atoms with van der Waals surface area (Å²) in [6.45, 7) is 4.22. The van der Waals surface area contributed by atoms with Gasteiger partial charge in [-0.15, -0.1) is 0 Å². The molecule has 2 rings (SSSR count). The van der Waals surface area contributed by atoms with Gasteiger partial charge in [0.2, 0.25) is 0 Å². The van der Waals surface area contributed by atoms with E-state index in [1.165, 1.54) is 0 Å². The topological polar surface area (TPSA) is 56.7 Å². The van der Waals surface area contributed by atoms with Crippen molar-refractivity contribution in [2.75, 3.05) is 5.73 Å². The molecule has 0 amide bonds. The molecule has 2 N–H and O–H groups in total. The average Bonchev–Trinajstić information content (AvgIpc) is 2.66. The van der Waals surface area contributed by atoms with Gasteiger partial charge in [-0.3, -0.25) is 4.57 Å². The molecule has 0 fully saturated rings. The molecule has 0 aromatic carbocycles.